The van der Waals surface area contributed by atoms with Crippen LogP contribution >= 0.6 is 0 Å². The Morgan fingerprint density at radius 3 is 2.33 bits per heavy atom. The van der Waals surface area contributed by atoms with Gasteiger partial charge in [0.2, 0.25) is 0 Å². The monoisotopic (exact) mass is 186 g/mol. The van der Waals surface area contributed by atoms with Gasteiger partial charge in [-0.1, -0.05) is 0 Å². The molecule has 0 fully saturated rings. The number of rotatable bonds is 1. The zero-order valence-electron chi connectivity index (χ0n) is 7.90. The van der Waals surface area contributed by atoms with Crippen LogP contribution in [0.25, 0.3) is 0 Å². The molecule has 0 unspecified atom stereocenters. The Labute approximate surface area is 78.0 Å². The van der Waals surface area contributed by atoms with Crippen LogP contribution in [0.5, 0.6) is 0 Å². The van der Waals surface area contributed by atoms with E-state index in [1.54, 1.807) is 9.48 Å². The summed E-state index contributed by atoms with van der Waals surface area (Å²) in [6, 6.07) is 0. The zero-order valence-corrected chi connectivity index (χ0v) is 8.72. The first-order chi connectivity index (χ1) is 5.45. The van der Waals surface area contributed by atoms with E-state index in [2.05, 4.69) is 10.3 Å². The molecule has 68 valence electrons. The van der Waals surface area contributed by atoms with Crippen LogP contribution in [-0.2, 0) is 24.7 Å². The first-order valence-electron chi connectivity index (χ1n) is 4.00. The number of nitrogens with zero attached hydrogens (tertiary/aromatic N) is 4. The minimum atomic E-state index is -0.0893. The third kappa shape index (κ3) is 1.72. The van der Waals surface area contributed by atoms with Gasteiger partial charge >= 0.3 is 0 Å². The molecule has 0 aliphatic heterocycles. The van der Waals surface area contributed by atoms with Crippen molar-refractivity contribution in [2.45, 2.75) is 44.9 Å². The summed E-state index contributed by atoms with van der Waals surface area (Å²) >= 11 is 5.01. The predicted octanol–water partition coefficient (Wildman–Crippen LogP) is 0.246. The Bertz CT molecular complexity index is 273. The van der Waals surface area contributed by atoms with E-state index in [-0.39, 0.29) is 5.54 Å². The first kappa shape index (κ1) is 9.38. The minimum Gasteiger partial charge on any atom is -0.701 e. The summed E-state index contributed by atoms with van der Waals surface area (Å²) in [4.78, 5) is 1.65. The molecule has 0 aromatic carbocycles. The van der Waals surface area contributed by atoms with E-state index in [9.17, 15) is 0 Å². The van der Waals surface area contributed by atoms with Crippen molar-refractivity contribution in [3.8, 4) is 0 Å². The maximum Gasteiger partial charge on any atom is 0.181 e. The predicted molar refractivity (Wildman–Crippen MR) is 46.5 cm³/mol. The normalized spacial score (nSPS) is 12.0. The summed E-state index contributed by atoms with van der Waals surface area (Å²) in [5.74, 6) is 0. The SMILES string of the molecule is CC[n+]1nn(C(C)(C)C)nc1[S-]. The molecule has 0 spiro atoms. The van der Waals surface area contributed by atoms with Crippen LogP contribution < -0.4 is 4.68 Å². The van der Waals surface area contributed by atoms with E-state index in [1.807, 2.05) is 27.7 Å². The molecule has 0 amide bonds. The molecule has 0 atom stereocenters. The number of aryl methyl sites for hydroxylation is 1. The van der Waals surface area contributed by atoms with Crippen molar-refractivity contribution in [2.75, 3.05) is 0 Å². The third-order valence-corrected chi connectivity index (χ3v) is 1.79. The summed E-state index contributed by atoms with van der Waals surface area (Å²) in [5, 5.41) is 8.90. The van der Waals surface area contributed by atoms with E-state index in [4.69, 9.17) is 12.6 Å². The Hall–Kier alpha value is -0.710. The van der Waals surface area contributed by atoms with Gasteiger partial charge in [0.25, 0.3) is 0 Å². The second kappa shape index (κ2) is 2.97. The van der Waals surface area contributed by atoms with Gasteiger partial charge in [-0.25, -0.2) is 0 Å². The second-order valence-corrected chi connectivity index (χ2v) is 4.01. The molecular formula is C7H14N4S. The van der Waals surface area contributed by atoms with Crippen LogP contribution in [0.2, 0.25) is 0 Å². The van der Waals surface area contributed by atoms with E-state index in [0.717, 1.165) is 6.54 Å². The van der Waals surface area contributed by atoms with Crippen molar-refractivity contribution in [3.05, 3.63) is 0 Å². The molecule has 1 heterocycles. The average molecular weight is 186 g/mol. The number of tetrazole rings is 1. The maximum absolute atomic E-state index is 5.01. The van der Waals surface area contributed by atoms with Crippen LogP contribution in [0.1, 0.15) is 27.7 Å². The quantitative estimate of drug-likeness (QED) is 0.465. The standard InChI is InChI=1S/C7H14N4S/c1-5-10-6(12)8-11(9-10)7(2,3)4/h5H2,1-4H3. The van der Waals surface area contributed by atoms with Crippen molar-refractivity contribution in [2.24, 2.45) is 0 Å². The van der Waals surface area contributed by atoms with E-state index in [1.165, 1.54) is 0 Å². The molecule has 0 aliphatic carbocycles. The largest absolute Gasteiger partial charge is 0.701 e. The summed E-state index contributed by atoms with van der Waals surface area (Å²) in [6.45, 7) is 8.90. The van der Waals surface area contributed by atoms with Crippen molar-refractivity contribution < 1.29 is 4.68 Å². The van der Waals surface area contributed by atoms with Gasteiger partial charge in [0, 0.05) is 5.10 Å². The summed E-state index contributed by atoms with van der Waals surface area (Å²) in [5.41, 5.74) is -0.0893. The van der Waals surface area contributed by atoms with E-state index in [0.29, 0.717) is 5.16 Å². The fourth-order valence-electron chi connectivity index (χ4n) is 0.776. The van der Waals surface area contributed by atoms with Crippen LogP contribution in [0.3, 0.4) is 0 Å². The Balaban J connectivity index is 3.05. The van der Waals surface area contributed by atoms with Gasteiger partial charge in [0.15, 0.2) is 5.16 Å². The fraction of sp³-hybridized carbons (Fsp3) is 0.857. The summed E-state index contributed by atoms with van der Waals surface area (Å²) < 4.78 is 1.71. The zero-order chi connectivity index (χ0) is 9.35. The molecule has 1 aromatic rings. The smallest absolute Gasteiger partial charge is 0.181 e. The molecule has 0 radical (unpaired) electrons. The Kier molecular flexibility index (Phi) is 2.32. The van der Waals surface area contributed by atoms with Gasteiger partial charge in [0.1, 0.15) is 5.54 Å². The van der Waals surface area contributed by atoms with Gasteiger partial charge in [0.05, 0.1) is 11.8 Å². The van der Waals surface area contributed by atoms with E-state index < -0.39 is 0 Å². The topological polar surface area (TPSA) is 34.6 Å². The maximum atomic E-state index is 5.01. The van der Waals surface area contributed by atoms with Gasteiger partial charge in [-0.2, -0.15) is 4.68 Å². The summed E-state index contributed by atoms with van der Waals surface area (Å²) in [7, 11) is 0. The first-order valence-corrected chi connectivity index (χ1v) is 4.41. The third-order valence-electron chi connectivity index (χ3n) is 1.49. The molecule has 0 saturated carbocycles. The lowest BCUT2D eigenvalue weighted by molar-refractivity contribution is -0.786. The summed E-state index contributed by atoms with van der Waals surface area (Å²) in [6.07, 6.45) is 0. The molecule has 5 heteroatoms. The molecule has 0 saturated heterocycles. The average Bonchev–Trinajstić information content (AvgIpc) is 2.29. The Morgan fingerprint density at radius 2 is 2.08 bits per heavy atom. The van der Waals surface area contributed by atoms with Gasteiger partial charge in [-0.3, -0.25) is 0 Å². The van der Waals surface area contributed by atoms with Crippen molar-refractivity contribution >= 4 is 12.6 Å². The highest BCUT2D eigenvalue weighted by atomic mass is 32.1. The van der Waals surface area contributed by atoms with Crippen LogP contribution in [-0.4, -0.2) is 15.1 Å². The molecule has 0 bridgehead atoms. The molecular weight excluding hydrogens is 172 g/mol. The second-order valence-electron chi connectivity index (χ2n) is 3.65. The number of aromatic nitrogens is 4. The minimum absolute atomic E-state index is 0.0893. The molecule has 1 aromatic heterocycles. The van der Waals surface area contributed by atoms with Crippen LogP contribution in [0.15, 0.2) is 5.16 Å². The molecule has 0 N–H and O–H groups in total. The molecule has 4 nitrogen and oxygen atoms in total. The fourth-order valence-corrected chi connectivity index (χ4v) is 1.02. The van der Waals surface area contributed by atoms with Crippen molar-refractivity contribution in [1.82, 2.24) is 15.1 Å². The highest BCUT2D eigenvalue weighted by Crippen LogP contribution is 2.08. The van der Waals surface area contributed by atoms with Crippen molar-refractivity contribution in [3.63, 3.8) is 0 Å². The van der Waals surface area contributed by atoms with Gasteiger partial charge < -0.3 is 12.6 Å². The highest BCUT2D eigenvalue weighted by molar-refractivity contribution is 7.58. The van der Waals surface area contributed by atoms with Crippen LogP contribution in [0.4, 0.5) is 0 Å². The number of hydrogen-bond acceptors (Lipinski definition) is 3. The van der Waals surface area contributed by atoms with Crippen LogP contribution in [0, 0.1) is 0 Å². The van der Waals surface area contributed by atoms with Crippen molar-refractivity contribution in [1.29, 1.82) is 0 Å². The molecule has 12 heavy (non-hydrogen) atoms. The van der Waals surface area contributed by atoms with Gasteiger partial charge in [-0.15, -0.1) is 0 Å². The molecule has 1 rings (SSSR count). The molecule has 0 aliphatic rings. The number of hydrogen-bond donors (Lipinski definition) is 0. The van der Waals surface area contributed by atoms with Gasteiger partial charge in [-0.05, 0) is 32.5 Å². The Morgan fingerprint density at radius 1 is 1.50 bits per heavy atom. The lowest BCUT2D eigenvalue weighted by atomic mass is 10.1. The highest BCUT2D eigenvalue weighted by Gasteiger charge is 2.23. The lowest BCUT2D eigenvalue weighted by Crippen LogP contribution is -2.39. The van der Waals surface area contributed by atoms with E-state index >= 15 is 0 Å². The lowest BCUT2D eigenvalue weighted by Gasteiger charge is -2.07.